The van der Waals surface area contributed by atoms with Gasteiger partial charge in [0.15, 0.2) is 0 Å². The summed E-state index contributed by atoms with van der Waals surface area (Å²) in [5.74, 6) is 0.890. The molecule has 4 aromatic carbocycles. The Hall–Kier alpha value is -2.97. The SMILES string of the molecule is Cc1ccc(C)c(NCc2c(OCc3cccc(Cl)c3)ccc3ccccc23)c1. The summed E-state index contributed by atoms with van der Waals surface area (Å²) in [6, 6.07) is 26.9. The standard InChI is InChI=1S/C26H24ClNO/c1-18-10-11-19(2)25(14-18)28-16-24-23-9-4-3-7-21(23)12-13-26(24)29-17-20-6-5-8-22(27)15-20/h3-15,28H,16-17H2,1-2H3. The maximum atomic E-state index is 6.23. The highest BCUT2D eigenvalue weighted by Crippen LogP contribution is 2.30. The molecule has 0 saturated heterocycles. The fraction of sp³-hybridized carbons (Fsp3) is 0.154. The number of hydrogen-bond donors (Lipinski definition) is 1. The molecule has 0 aliphatic rings. The van der Waals surface area contributed by atoms with E-state index >= 15 is 0 Å². The van der Waals surface area contributed by atoms with Crippen molar-refractivity contribution in [3.8, 4) is 5.75 Å². The molecule has 0 aromatic heterocycles. The largest absolute Gasteiger partial charge is 0.489 e. The van der Waals surface area contributed by atoms with Crippen LogP contribution in [-0.2, 0) is 13.2 Å². The average Bonchev–Trinajstić information content (AvgIpc) is 2.73. The van der Waals surface area contributed by atoms with Gasteiger partial charge in [-0.05, 0) is 65.6 Å². The number of fused-ring (bicyclic) bond motifs is 1. The van der Waals surface area contributed by atoms with Crippen molar-refractivity contribution >= 4 is 28.1 Å². The molecule has 29 heavy (non-hydrogen) atoms. The number of rotatable bonds is 6. The average molecular weight is 402 g/mol. The lowest BCUT2D eigenvalue weighted by Gasteiger charge is -2.17. The number of nitrogens with one attached hydrogen (secondary N) is 1. The van der Waals surface area contributed by atoms with Crippen molar-refractivity contribution < 1.29 is 4.74 Å². The van der Waals surface area contributed by atoms with Crippen LogP contribution in [0.25, 0.3) is 10.8 Å². The summed E-state index contributed by atoms with van der Waals surface area (Å²) >= 11 is 6.12. The van der Waals surface area contributed by atoms with Gasteiger partial charge in [0.1, 0.15) is 12.4 Å². The van der Waals surface area contributed by atoms with Crippen LogP contribution < -0.4 is 10.1 Å². The zero-order valence-corrected chi connectivity index (χ0v) is 17.5. The Bertz CT molecular complexity index is 1150. The molecule has 0 radical (unpaired) electrons. The number of anilines is 1. The topological polar surface area (TPSA) is 21.3 Å². The van der Waals surface area contributed by atoms with Crippen molar-refractivity contribution in [3.05, 3.63) is 106 Å². The van der Waals surface area contributed by atoms with E-state index < -0.39 is 0 Å². The van der Waals surface area contributed by atoms with Crippen LogP contribution in [0, 0.1) is 13.8 Å². The van der Waals surface area contributed by atoms with E-state index in [9.17, 15) is 0 Å². The lowest BCUT2D eigenvalue weighted by molar-refractivity contribution is 0.304. The van der Waals surface area contributed by atoms with E-state index in [2.05, 4.69) is 73.8 Å². The molecule has 0 bridgehead atoms. The molecule has 0 aliphatic heterocycles. The second-order valence-electron chi connectivity index (χ2n) is 7.35. The van der Waals surface area contributed by atoms with E-state index in [1.807, 2.05) is 24.3 Å². The summed E-state index contributed by atoms with van der Waals surface area (Å²) in [5.41, 5.74) is 5.84. The van der Waals surface area contributed by atoms with Crippen LogP contribution in [0.1, 0.15) is 22.3 Å². The molecule has 146 valence electrons. The Morgan fingerprint density at radius 3 is 2.59 bits per heavy atom. The summed E-state index contributed by atoms with van der Waals surface area (Å²) in [6.45, 7) is 5.41. The minimum absolute atomic E-state index is 0.482. The van der Waals surface area contributed by atoms with Gasteiger partial charge in [-0.15, -0.1) is 0 Å². The van der Waals surface area contributed by atoms with E-state index in [1.54, 1.807) is 0 Å². The first-order valence-corrected chi connectivity index (χ1v) is 10.2. The van der Waals surface area contributed by atoms with Gasteiger partial charge in [-0.25, -0.2) is 0 Å². The van der Waals surface area contributed by atoms with Gasteiger partial charge in [-0.3, -0.25) is 0 Å². The molecule has 0 heterocycles. The monoisotopic (exact) mass is 401 g/mol. The van der Waals surface area contributed by atoms with Crippen LogP contribution in [0.2, 0.25) is 5.02 Å². The van der Waals surface area contributed by atoms with Gasteiger partial charge < -0.3 is 10.1 Å². The Morgan fingerprint density at radius 1 is 0.862 bits per heavy atom. The molecule has 0 spiro atoms. The summed E-state index contributed by atoms with van der Waals surface area (Å²) < 4.78 is 6.23. The van der Waals surface area contributed by atoms with Gasteiger partial charge in [0.25, 0.3) is 0 Å². The molecule has 0 fully saturated rings. The molecular weight excluding hydrogens is 378 g/mol. The highest BCUT2D eigenvalue weighted by molar-refractivity contribution is 6.30. The summed E-state index contributed by atoms with van der Waals surface area (Å²) in [7, 11) is 0. The fourth-order valence-corrected chi connectivity index (χ4v) is 3.74. The lowest BCUT2D eigenvalue weighted by atomic mass is 10.0. The minimum Gasteiger partial charge on any atom is -0.489 e. The maximum absolute atomic E-state index is 6.23. The fourth-order valence-electron chi connectivity index (χ4n) is 3.53. The van der Waals surface area contributed by atoms with Gasteiger partial charge in [0.2, 0.25) is 0 Å². The van der Waals surface area contributed by atoms with Crippen molar-refractivity contribution in [1.29, 1.82) is 0 Å². The summed E-state index contributed by atoms with van der Waals surface area (Å²) in [5, 5.41) is 6.74. The van der Waals surface area contributed by atoms with Crippen LogP contribution in [0.4, 0.5) is 5.69 Å². The Kier molecular flexibility index (Phi) is 5.73. The smallest absolute Gasteiger partial charge is 0.125 e. The minimum atomic E-state index is 0.482. The second kappa shape index (κ2) is 8.59. The third-order valence-corrected chi connectivity index (χ3v) is 5.36. The number of ether oxygens (including phenoxy) is 1. The quantitative estimate of drug-likeness (QED) is 0.366. The third kappa shape index (κ3) is 4.55. The Labute approximate surface area is 177 Å². The molecule has 0 atom stereocenters. The number of aryl methyl sites for hydroxylation is 2. The van der Waals surface area contributed by atoms with Gasteiger partial charge in [-0.2, -0.15) is 0 Å². The number of halogens is 1. The van der Waals surface area contributed by atoms with Crippen LogP contribution in [-0.4, -0.2) is 0 Å². The molecular formula is C26H24ClNO. The third-order valence-electron chi connectivity index (χ3n) is 5.13. The van der Waals surface area contributed by atoms with E-state index in [0.29, 0.717) is 13.2 Å². The summed E-state index contributed by atoms with van der Waals surface area (Å²) in [6.07, 6.45) is 0. The van der Waals surface area contributed by atoms with Gasteiger partial charge in [0.05, 0.1) is 0 Å². The van der Waals surface area contributed by atoms with E-state index in [-0.39, 0.29) is 0 Å². The molecule has 0 aliphatic carbocycles. The van der Waals surface area contributed by atoms with Crippen molar-refractivity contribution in [3.63, 3.8) is 0 Å². The zero-order valence-electron chi connectivity index (χ0n) is 16.7. The van der Waals surface area contributed by atoms with Crippen LogP contribution in [0.15, 0.2) is 78.9 Å². The number of benzene rings is 4. The van der Waals surface area contributed by atoms with E-state index in [1.165, 1.54) is 21.9 Å². The van der Waals surface area contributed by atoms with Crippen molar-refractivity contribution in [2.75, 3.05) is 5.32 Å². The summed E-state index contributed by atoms with van der Waals surface area (Å²) in [4.78, 5) is 0. The van der Waals surface area contributed by atoms with Crippen LogP contribution >= 0.6 is 11.6 Å². The van der Waals surface area contributed by atoms with Crippen LogP contribution in [0.3, 0.4) is 0 Å². The van der Waals surface area contributed by atoms with E-state index in [0.717, 1.165) is 27.6 Å². The molecule has 2 nitrogen and oxygen atoms in total. The zero-order chi connectivity index (χ0) is 20.2. The maximum Gasteiger partial charge on any atom is 0.125 e. The van der Waals surface area contributed by atoms with Crippen molar-refractivity contribution in [1.82, 2.24) is 0 Å². The first-order valence-electron chi connectivity index (χ1n) is 9.79. The molecule has 4 aromatic rings. The first kappa shape index (κ1) is 19.4. The predicted octanol–water partition coefficient (Wildman–Crippen LogP) is 7.30. The van der Waals surface area contributed by atoms with Gasteiger partial charge >= 0.3 is 0 Å². The number of hydrogen-bond acceptors (Lipinski definition) is 2. The lowest BCUT2D eigenvalue weighted by Crippen LogP contribution is -2.05. The van der Waals surface area contributed by atoms with Crippen molar-refractivity contribution in [2.24, 2.45) is 0 Å². The second-order valence-corrected chi connectivity index (χ2v) is 7.79. The Morgan fingerprint density at radius 2 is 1.72 bits per heavy atom. The molecule has 1 N–H and O–H groups in total. The molecule has 0 saturated carbocycles. The first-order chi connectivity index (χ1) is 14.1. The highest BCUT2D eigenvalue weighted by atomic mass is 35.5. The normalized spacial score (nSPS) is 10.9. The van der Waals surface area contributed by atoms with E-state index in [4.69, 9.17) is 16.3 Å². The molecule has 3 heteroatoms. The molecule has 4 rings (SSSR count). The van der Waals surface area contributed by atoms with Gasteiger partial charge in [0, 0.05) is 22.8 Å². The predicted molar refractivity (Wildman–Crippen MR) is 123 cm³/mol. The Balaban J connectivity index is 1.64. The molecule has 0 amide bonds. The van der Waals surface area contributed by atoms with Gasteiger partial charge in [-0.1, -0.05) is 66.2 Å². The van der Waals surface area contributed by atoms with Crippen molar-refractivity contribution in [2.45, 2.75) is 27.0 Å². The highest BCUT2D eigenvalue weighted by Gasteiger charge is 2.10. The van der Waals surface area contributed by atoms with Crippen LogP contribution in [0.5, 0.6) is 5.75 Å². The molecule has 0 unspecified atom stereocenters.